The van der Waals surface area contributed by atoms with E-state index in [4.69, 9.17) is 5.73 Å². The van der Waals surface area contributed by atoms with E-state index in [-0.39, 0.29) is 22.5 Å². The first-order valence-electron chi connectivity index (χ1n) is 12.0. The molecule has 1 aromatic heterocycles. The molecule has 2 heterocycles. The zero-order chi connectivity index (χ0) is 25.0. The zero-order valence-corrected chi connectivity index (χ0v) is 21.1. The molecule has 2 aliphatic rings. The molecule has 192 valence electrons. The summed E-state index contributed by atoms with van der Waals surface area (Å²) in [6.07, 6.45) is 6.58. The van der Waals surface area contributed by atoms with E-state index in [0.29, 0.717) is 50.1 Å². The predicted molar refractivity (Wildman–Crippen MR) is 133 cm³/mol. The number of thiazole rings is 1. The van der Waals surface area contributed by atoms with Crippen molar-refractivity contribution in [3.05, 3.63) is 40.3 Å². The van der Waals surface area contributed by atoms with E-state index in [9.17, 15) is 22.0 Å². The Morgan fingerprint density at radius 3 is 2.43 bits per heavy atom. The van der Waals surface area contributed by atoms with Crippen LogP contribution in [0.25, 0.3) is 0 Å². The Morgan fingerprint density at radius 1 is 1.11 bits per heavy atom. The van der Waals surface area contributed by atoms with E-state index in [1.54, 1.807) is 0 Å². The van der Waals surface area contributed by atoms with Gasteiger partial charge >= 0.3 is 0 Å². The number of carbonyl (C=O) groups is 1. The van der Waals surface area contributed by atoms with E-state index in [0.717, 1.165) is 23.5 Å². The van der Waals surface area contributed by atoms with Crippen LogP contribution < -0.4 is 16.4 Å². The number of nitrogens with two attached hydrogens (primary N) is 1. The highest BCUT2D eigenvalue weighted by molar-refractivity contribution is 7.89. The van der Waals surface area contributed by atoms with E-state index in [2.05, 4.69) is 15.6 Å². The average molecular weight is 528 g/mol. The summed E-state index contributed by atoms with van der Waals surface area (Å²) in [5.74, 6) is -2.74. The Labute approximate surface area is 208 Å². The molecule has 2 aromatic rings. The molecule has 12 heteroatoms. The van der Waals surface area contributed by atoms with Crippen molar-refractivity contribution >= 4 is 38.1 Å². The molecule has 0 radical (unpaired) electrons. The fraction of sp³-hybridized carbons (Fsp3) is 0.565. The average Bonchev–Trinajstić information content (AvgIpc) is 3.46. The van der Waals surface area contributed by atoms with Crippen LogP contribution in [0.5, 0.6) is 0 Å². The topological polar surface area (TPSA) is 117 Å². The lowest BCUT2D eigenvalue weighted by Gasteiger charge is -2.31. The standard InChI is InChI=1S/C23H31F2N5O3S2/c24-17-7-3-8-18(25)19(17)20(31)21-22(26)29-23(34-21)28-16-9-12-30(13-10-16)35(32,33)14-4-11-27-15-5-1-2-6-15/h3,7-8,15-16,27H,1-2,4-6,9-14,26H2,(H,28,29). The van der Waals surface area contributed by atoms with Gasteiger partial charge in [-0.2, -0.15) is 0 Å². The summed E-state index contributed by atoms with van der Waals surface area (Å²) in [5, 5.41) is 7.00. The molecule has 0 bridgehead atoms. The molecule has 1 saturated heterocycles. The lowest BCUT2D eigenvalue weighted by Crippen LogP contribution is -2.43. The number of nitrogen functional groups attached to an aromatic ring is 1. The van der Waals surface area contributed by atoms with Crippen molar-refractivity contribution in [1.29, 1.82) is 0 Å². The molecule has 2 fully saturated rings. The van der Waals surface area contributed by atoms with Gasteiger partial charge in [-0.15, -0.1) is 0 Å². The number of nitrogens with one attached hydrogen (secondary N) is 2. The molecule has 1 aliphatic heterocycles. The second-order valence-corrected chi connectivity index (χ2v) is 12.2. The van der Waals surface area contributed by atoms with Crippen LogP contribution in [-0.2, 0) is 10.0 Å². The molecule has 1 saturated carbocycles. The van der Waals surface area contributed by atoms with Gasteiger partial charge in [0.1, 0.15) is 22.3 Å². The lowest BCUT2D eigenvalue weighted by molar-refractivity contribution is 0.103. The fourth-order valence-corrected chi connectivity index (χ4v) is 7.10. The van der Waals surface area contributed by atoms with Gasteiger partial charge in [-0.05, 0) is 50.8 Å². The Balaban J connectivity index is 1.27. The van der Waals surface area contributed by atoms with Gasteiger partial charge in [0.15, 0.2) is 5.13 Å². The molecule has 4 rings (SSSR count). The first-order valence-corrected chi connectivity index (χ1v) is 14.4. The summed E-state index contributed by atoms with van der Waals surface area (Å²) >= 11 is 0.935. The van der Waals surface area contributed by atoms with Crippen LogP contribution in [-0.4, -0.2) is 61.0 Å². The highest BCUT2D eigenvalue weighted by Gasteiger charge is 2.29. The first-order chi connectivity index (χ1) is 16.7. The summed E-state index contributed by atoms with van der Waals surface area (Å²) in [4.78, 5) is 16.8. The summed E-state index contributed by atoms with van der Waals surface area (Å²) in [6, 6.07) is 3.69. The SMILES string of the molecule is Nc1nc(NC2CCN(S(=O)(=O)CCCNC3CCCC3)CC2)sc1C(=O)c1c(F)cccc1F. The second kappa shape index (κ2) is 11.3. The fourth-order valence-electron chi connectivity index (χ4n) is 4.66. The number of carbonyl (C=O) groups excluding carboxylic acids is 1. The van der Waals surface area contributed by atoms with Gasteiger partial charge in [0.2, 0.25) is 15.8 Å². The van der Waals surface area contributed by atoms with Crippen molar-refractivity contribution in [3.63, 3.8) is 0 Å². The van der Waals surface area contributed by atoms with Crippen molar-refractivity contribution < 1.29 is 22.0 Å². The molecule has 0 amide bonds. The van der Waals surface area contributed by atoms with Gasteiger partial charge < -0.3 is 16.4 Å². The number of rotatable bonds is 10. The maximum atomic E-state index is 14.0. The summed E-state index contributed by atoms with van der Waals surface area (Å²) in [6.45, 7) is 1.50. The molecule has 1 aliphatic carbocycles. The van der Waals surface area contributed by atoms with Crippen molar-refractivity contribution in [3.8, 4) is 0 Å². The van der Waals surface area contributed by atoms with E-state index in [1.165, 1.54) is 36.1 Å². The molecule has 4 N–H and O–H groups in total. The summed E-state index contributed by atoms with van der Waals surface area (Å²) in [5.41, 5.74) is 5.20. The highest BCUT2D eigenvalue weighted by Crippen LogP contribution is 2.30. The number of hydrogen-bond donors (Lipinski definition) is 3. The number of halogens is 2. The minimum absolute atomic E-state index is 0.0391. The van der Waals surface area contributed by atoms with Crippen LogP contribution in [0.15, 0.2) is 18.2 Å². The lowest BCUT2D eigenvalue weighted by atomic mass is 10.1. The Bertz CT molecular complexity index is 1120. The minimum atomic E-state index is -3.31. The Morgan fingerprint density at radius 2 is 1.77 bits per heavy atom. The minimum Gasteiger partial charge on any atom is -0.382 e. The molecular weight excluding hydrogens is 496 g/mol. The molecule has 0 unspecified atom stereocenters. The van der Waals surface area contributed by atoms with E-state index >= 15 is 0 Å². The number of hydrogen-bond acceptors (Lipinski definition) is 8. The maximum absolute atomic E-state index is 14.0. The number of sulfonamides is 1. The van der Waals surface area contributed by atoms with Crippen molar-refractivity contribution in [2.24, 2.45) is 0 Å². The van der Waals surface area contributed by atoms with E-state index < -0.39 is 33.0 Å². The molecule has 8 nitrogen and oxygen atoms in total. The van der Waals surface area contributed by atoms with Gasteiger partial charge in [-0.1, -0.05) is 30.2 Å². The first kappa shape index (κ1) is 25.9. The predicted octanol–water partition coefficient (Wildman–Crippen LogP) is 3.36. The van der Waals surface area contributed by atoms with E-state index in [1.807, 2.05) is 0 Å². The normalized spacial score (nSPS) is 18.2. The van der Waals surface area contributed by atoms with Crippen molar-refractivity contribution in [1.82, 2.24) is 14.6 Å². The quantitative estimate of drug-likeness (QED) is 0.320. The van der Waals surface area contributed by atoms with Gasteiger partial charge in [0.25, 0.3) is 0 Å². The molecular formula is C23H31F2N5O3S2. The van der Waals surface area contributed by atoms with Gasteiger partial charge in [-0.25, -0.2) is 26.5 Å². The van der Waals surface area contributed by atoms with Crippen LogP contribution >= 0.6 is 11.3 Å². The highest BCUT2D eigenvalue weighted by atomic mass is 32.2. The smallest absolute Gasteiger partial charge is 0.214 e. The maximum Gasteiger partial charge on any atom is 0.214 e. The Hall–Kier alpha value is -2.15. The van der Waals surface area contributed by atoms with Crippen molar-refractivity contribution in [2.75, 3.05) is 36.4 Å². The molecule has 1 aromatic carbocycles. The van der Waals surface area contributed by atoms with Crippen LogP contribution in [0.4, 0.5) is 19.7 Å². The van der Waals surface area contributed by atoms with Gasteiger partial charge in [0.05, 0.1) is 11.3 Å². The molecule has 35 heavy (non-hydrogen) atoms. The van der Waals surface area contributed by atoms with Crippen LogP contribution in [0.3, 0.4) is 0 Å². The largest absolute Gasteiger partial charge is 0.382 e. The van der Waals surface area contributed by atoms with Gasteiger partial charge in [0, 0.05) is 25.2 Å². The summed E-state index contributed by atoms with van der Waals surface area (Å²) in [7, 11) is -3.31. The second-order valence-electron chi connectivity index (χ2n) is 9.08. The monoisotopic (exact) mass is 527 g/mol. The third-order valence-electron chi connectivity index (χ3n) is 6.59. The zero-order valence-electron chi connectivity index (χ0n) is 19.4. The number of anilines is 2. The summed E-state index contributed by atoms with van der Waals surface area (Å²) < 4.78 is 55.0. The molecule has 0 atom stereocenters. The number of benzene rings is 1. The van der Waals surface area contributed by atoms with Crippen LogP contribution in [0, 0.1) is 11.6 Å². The van der Waals surface area contributed by atoms with Crippen molar-refractivity contribution in [2.45, 2.75) is 57.0 Å². The third kappa shape index (κ3) is 6.35. The van der Waals surface area contributed by atoms with Crippen LogP contribution in [0.2, 0.25) is 0 Å². The number of nitrogens with zero attached hydrogens (tertiary/aromatic N) is 2. The number of ketones is 1. The third-order valence-corrected chi connectivity index (χ3v) is 9.55. The number of piperidine rings is 1. The number of aromatic nitrogens is 1. The van der Waals surface area contributed by atoms with Gasteiger partial charge in [-0.3, -0.25) is 4.79 Å². The van der Waals surface area contributed by atoms with Crippen LogP contribution in [0.1, 0.15) is 60.2 Å². The molecule has 0 spiro atoms. The Kier molecular flexibility index (Phi) is 8.35.